The van der Waals surface area contributed by atoms with Gasteiger partial charge in [0, 0.05) is 35.1 Å². The van der Waals surface area contributed by atoms with Crippen LogP contribution in [0.4, 0.5) is 5.69 Å². The summed E-state index contributed by atoms with van der Waals surface area (Å²) in [6.45, 7) is 2.30. The molecule has 6 nitrogen and oxygen atoms in total. The van der Waals surface area contributed by atoms with Gasteiger partial charge in [-0.3, -0.25) is 9.78 Å². The van der Waals surface area contributed by atoms with Crippen molar-refractivity contribution in [1.82, 2.24) is 9.97 Å². The average Bonchev–Trinajstić information content (AvgIpc) is 2.87. The number of carbonyl (C=O) groups excluding carboxylic acids is 1. The van der Waals surface area contributed by atoms with Gasteiger partial charge in [-0.2, -0.15) is 0 Å². The molecule has 172 valence electrons. The summed E-state index contributed by atoms with van der Waals surface area (Å²) in [7, 11) is 0. The molecule has 5 rings (SSSR count). The van der Waals surface area contributed by atoms with E-state index in [1.54, 1.807) is 17.3 Å². The number of nitrogens with zero attached hydrogens (tertiary/aromatic N) is 3. The Labute approximate surface area is 202 Å². The van der Waals surface area contributed by atoms with Crippen LogP contribution in [0.2, 0.25) is 0 Å². The molecule has 35 heavy (non-hydrogen) atoms. The topological polar surface area (TPSA) is 86.6 Å². The molecule has 2 heterocycles. The lowest BCUT2D eigenvalue weighted by Gasteiger charge is -2.24. The fourth-order valence-corrected chi connectivity index (χ4v) is 4.11. The molecule has 0 aliphatic heterocycles. The SMILES string of the molecule is Cc1cc2ccccc2nc1-c1ccc(N(Cc2cccnc2)C(=O)c2ccc(O)cc2O)cc1. The van der Waals surface area contributed by atoms with Gasteiger partial charge in [0.25, 0.3) is 5.91 Å². The zero-order valence-corrected chi connectivity index (χ0v) is 19.1. The molecule has 0 unspecified atom stereocenters. The zero-order valence-electron chi connectivity index (χ0n) is 19.1. The van der Waals surface area contributed by atoms with Gasteiger partial charge >= 0.3 is 0 Å². The fourth-order valence-electron chi connectivity index (χ4n) is 4.11. The Balaban J connectivity index is 1.53. The Morgan fingerprint density at radius 3 is 2.46 bits per heavy atom. The second-order valence-corrected chi connectivity index (χ2v) is 8.35. The van der Waals surface area contributed by atoms with Gasteiger partial charge in [0.2, 0.25) is 0 Å². The van der Waals surface area contributed by atoms with Crippen LogP contribution >= 0.6 is 0 Å². The molecule has 0 saturated heterocycles. The van der Waals surface area contributed by atoms with Crippen LogP contribution in [-0.4, -0.2) is 26.1 Å². The van der Waals surface area contributed by atoms with Crippen LogP contribution in [0.25, 0.3) is 22.2 Å². The van der Waals surface area contributed by atoms with Gasteiger partial charge < -0.3 is 15.1 Å². The number of hydrogen-bond acceptors (Lipinski definition) is 5. The monoisotopic (exact) mass is 461 g/mol. The first-order chi connectivity index (χ1) is 17.0. The maximum atomic E-state index is 13.5. The number of aromatic nitrogens is 2. The zero-order chi connectivity index (χ0) is 24.4. The summed E-state index contributed by atoms with van der Waals surface area (Å²) in [5, 5.41) is 21.0. The van der Waals surface area contributed by atoms with E-state index in [9.17, 15) is 15.0 Å². The molecule has 5 aromatic rings. The molecule has 0 aliphatic carbocycles. The standard InChI is InChI=1S/C29H23N3O3/c1-19-15-22-6-2-3-7-26(22)31-28(19)21-8-10-23(11-9-21)32(18-20-5-4-14-30-17-20)29(35)25-13-12-24(33)16-27(25)34/h2-17,33-34H,18H2,1H3. The molecule has 0 aliphatic rings. The van der Waals surface area contributed by atoms with E-state index in [0.29, 0.717) is 5.69 Å². The summed E-state index contributed by atoms with van der Waals surface area (Å²) >= 11 is 0. The third-order valence-electron chi connectivity index (χ3n) is 5.89. The number of phenols is 2. The lowest BCUT2D eigenvalue weighted by atomic mass is 10.0. The van der Waals surface area contributed by atoms with Gasteiger partial charge in [0.1, 0.15) is 11.5 Å². The number of pyridine rings is 2. The van der Waals surface area contributed by atoms with E-state index >= 15 is 0 Å². The third-order valence-corrected chi connectivity index (χ3v) is 5.89. The van der Waals surface area contributed by atoms with Crippen molar-refractivity contribution in [1.29, 1.82) is 0 Å². The molecule has 0 radical (unpaired) electrons. The summed E-state index contributed by atoms with van der Waals surface area (Å²) in [5.74, 6) is -0.779. The number of carbonyl (C=O) groups is 1. The Morgan fingerprint density at radius 1 is 0.914 bits per heavy atom. The molecule has 0 saturated carbocycles. The van der Waals surface area contributed by atoms with E-state index < -0.39 is 0 Å². The molecule has 2 N–H and O–H groups in total. The number of para-hydroxylation sites is 1. The lowest BCUT2D eigenvalue weighted by Crippen LogP contribution is -2.30. The molecule has 0 bridgehead atoms. The molecular formula is C29H23N3O3. The maximum Gasteiger partial charge on any atom is 0.262 e. The Morgan fingerprint density at radius 2 is 1.71 bits per heavy atom. The first-order valence-electron chi connectivity index (χ1n) is 11.2. The number of aryl methyl sites for hydroxylation is 1. The normalized spacial score (nSPS) is 10.9. The lowest BCUT2D eigenvalue weighted by molar-refractivity contribution is 0.0982. The predicted molar refractivity (Wildman–Crippen MR) is 136 cm³/mol. The van der Waals surface area contributed by atoms with Crippen LogP contribution in [0.5, 0.6) is 11.5 Å². The molecular weight excluding hydrogens is 438 g/mol. The molecule has 2 aromatic heterocycles. The van der Waals surface area contributed by atoms with Gasteiger partial charge in [-0.15, -0.1) is 0 Å². The first-order valence-corrected chi connectivity index (χ1v) is 11.2. The van der Waals surface area contributed by atoms with Gasteiger partial charge in [0.05, 0.1) is 23.3 Å². The number of hydrogen-bond donors (Lipinski definition) is 2. The molecule has 0 spiro atoms. The predicted octanol–water partition coefficient (Wildman–Crippen LogP) is 5.86. The average molecular weight is 462 g/mol. The molecule has 0 fully saturated rings. The van der Waals surface area contributed by atoms with E-state index in [4.69, 9.17) is 4.98 Å². The highest BCUT2D eigenvalue weighted by atomic mass is 16.3. The molecule has 3 aromatic carbocycles. The summed E-state index contributed by atoms with van der Waals surface area (Å²) in [6.07, 6.45) is 3.38. The van der Waals surface area contributed by atoms with E-state index in [0.717, 1.165) is 39.4 Å². The Bertz CT molecular complexity index is 1520. The van der Waals surface area contributed by atoms with Gasteiger partial charge in [-0.1, -0.05) is 36.4 Å². The van der Waals surface area contributed by atoms with Gasteiger partial charge in [-0.05, 0) is 60.5 Å². The minimum absolute atomic E-state index is 0.0998. The smallest absolute Gasteiger partial charge is 0.262 e. The quantitative estimate of drug-likeness (QED) is 0.342. The highest BCUT2D eigenvalue weighted by Gasteiger charge is 2.22. The number of fused-ring (bicyclic) bond motifs is 1. The summed E-state index contributed by atoms with van der Waals surface area (Å²) < 4.78 is 0. The number of anilines is 1. The van der Waals surface area contributed by atoms with Crippen LogP contribution in [-0.2, 0) is 6.54 Å². The van der Waals surface area contributed by atoms with Crippen LogP contribution < -0.4 is 4.90 Å². The highest BCUT2D eigenvalue weighted by molar-refractivity contribution is 6.08. The maximum absolute atomic E-state index is 13.5. The summed E-state index contributed by atoms with van der Waals surface area (Å²) in [6, 6.07) is 25.4. The molecule has 1 amide bonds. The van der Waals surface area contributed by atoms with Crippen molar-refractivity contribution in [2.75, 3.05) is 4.90 Å². The second-order valence-electron chi connectivity index (χ2n) is 8.35. The van der Waals surface area contributed by atoms with Crippen LogP contribution in [0.3, 0.4) is 0 Å². The Hall–Kier alpha value is -4.71. The van der Waals surface area contributed by atoms with Crippen molar-refractivity contribution in [3.05, 3.63) is 114 Å². The first kappa shape index (κ1) is 22.1. The van der Waals surface area contributed by atoms with E-state index in [2.05, 4.69) is 11.1 Å². The van der Waals surface area contributed by atoms with Crippen molar-refractivity contribution < 1.29 is 15.0 Å². The number of phenolic OH excluding ortho intramolecular Hbond substituents is 2. The van der Waals surface area contributed by atoms with Crippen molar-refractivity contribution in [2.45, 2.75) is 13.5 Å². The van der Waals surface area contributed by atoms with E-state index in [1.165, 1.54) is 12.1 Å². The largest absolute Gasteiger partial charge is 0.508 e. The highest BCUT2D eigenvalue weighted by Crippen LogP contribution is 2.30. The fraction of sp³-hybridized carbons (Fsp3) is 0.0690. The van der Waals surface area contributed by atoms with Crippen molar-refractivity contribution >= 4 is 22.5 Å². The second kappa shape index (κ2) is 9.27. The van der Waals surface area contributed by atoms with Crippen LogP contribution in [0.15, 0.2) is 97.3 Å². The number of amides is 1. The van der Waals surface area contributed by atoms with Crippen molar-refractivity contribution in [3.63, 3.8) is 0 Å². The van der Waals surface area contributed by atoms with Crippen molar-refractivity contribution in [3.8, 4) is 22.8 Å². The number of aromatic hydroxyl groups is 2. The van der Waals surface area contributed by atoms with Crippen molar-refractivity contribution in [2.24, 2.45) is 0 Å². The van der Waals surface area contributed by atoms with Crippen LogP contribution in [0, 0.1) is 6.92 Å². The molecule has 6 heteroatoms. The number of benzene rings is 3. The van der Waals surface area contributed by atoms with Gasteiger partial charge in [0.15, 0.2) is 0 Å². The minimum atomic E-state index is -0.390. The molecule has 0 atom stereocenters. The number of rotatable bonds is 5. The van der Waals surface area contributed by atoms with E-state index in [-0.39, 0.29) is 29.5 Å². The Kier molecular flexibility index (Phi) is 5.85. The van der Waals surface area contributed by atoms with Crippen LogP contribution in [0.1, 0.15) is 21.5 Å². The summed E-state index contributed by atoms with van der Waals surface area (Å²) in [5.41, 5.74) is 5.42. The van der Waals surface area contributed by atoms with E-state index in [1.807, 2.05) is 67.6 Å². The summed E-state index contributed by atoms with van der Waals surface area (Å²) in [4.78, 5) is 24.1. The minimum Gasteiger partial charge on any atom is -0.508 e. The third kappa shape index (κ3) is 4.54. The van der Waals surface area contributed by atoms with Gasteiger partial charge in [-0.25, -0.2) is 4.98 Å².